The Kier molecular flexibility index (Phi) is 8.44. The highest BCUT2D eigenvalue weighted by atomic mass is 32.2. The number of anilines is 1. The topological polar surface area (TPSA) is 73.8 Å². The van der Waals surface area contributed by atoms with Gasteiger partial charge in [-0.05, 0) is 94.2 Å². The van der Waals surface area contributed by atoms with Crippen LogP contribution in [-0.2, 0) is 16.4 Å². The minimum Gasteiger partial charge on any atom is -0.309 e. The first-order chi connectivity index (χ1) is 17.2. The van der Waals surface area contributed by atoms with Crippen LogP contribution in [0.4, 0.5) is 5.13 Å². The van der Waals surface area contributed by atoms with E-state index < -0.39 is 10.0 Å². The second-order valence-electron chi connectivity index (χ2n) is 9.88. The van der Waals surface area contributed by atoms with Crippen molar-refractivity contribution in [1.82, 2.24) is 14.2 Å². The smallest absolute Gasteiger partial charge is 0.260 e. The molecule has 3 aromatic rings. The SMILES string of the molecule is CCc1ccc2nc(N(CCCN(C)C)C(=O)c3ccc(S(=O)(=O)N4CCC(C)CC4)cc3)sc2c1. The summed E-state index contributed by atoms with van der Waals surface area (Å²) in [6.45, 7) is 6.74. The summed E-state index contributed by atoms with van der Waals surface area (Å²) >= 11 is 1.52. The molecule has 0 bridgehead atoms. The summed E-state index contributed by atoms with van der Waals surface area (Å²) in [4.78, 5) is 22.5. The maximum absolute atomic E-state index is 13.6. The number of benzene rings is 2. The number of carbonyl (C=O) groups excluding carboxylic acids is 1. The van der Waals surface area contributed by atoms with Crippen LogP contribution in [-0.4, -0.2) is 68.8 Å². The molecule has 9 heteroatoms. The van der Waals surface area contributed by atoms with Crippen LogP contribution in [0.2, 0.25) is 0 Å². The zero-order chi connectivity index (χ0) is 25.9. The molecular formula is C27H36N4O3S2. The van der Waals surface area contributed by atoms with Crippen molar-refractivity contribution in [3.8, 4) is 0 Å². The van der Waals surface area contributed by atoms with Crippen LogP contribution in [0, 0.1) is 5.92 Å². The summed E-state index contributed by atoms with van der Waals surface area (Å²) in [6.07, 6.45) is 3.49. The monoisotopic (exact) mass is 528 g/mol. The molecule has 0 atom stereocenters. The minimum atomic E-state index is -3.56. The molecule has 1 aliphatic heterocycles. The van der Waals surface area contributed by atoms with E-state index in [1.165, 1.54) is 16.9 Å². The molecule has 1 aromatic heterocycles. The molecule has 0 saturated carbocycles. The fourth-order valence-corrected chi connectivity index (χ4v) is 6.94. The Morgan fingerprint density at radius 2 is 1.78 bits per heavy atom. The summed E-state index contributed by atoms with van der Waals surface area (Å²) in [5.41, 5.74) is 2.58. The minimum absolute atomic E-state index is 0.167. The predicted molar refractivity (Wildman–Crippen MR) is 147 cm³/mol. The lowest BCUT2D eigenvalue weighted by Crippen LogP contribution is -2.38. The van der Waals surface area contributed by atoms with Gasteiger partial charge in [-0.3, -0.25) is 9.69 Å². The number of fused-ring (bicyclic) bond motifs is 1. The lowest BCUT2D eigenvalue weighted by Gasteiger charge is -2.29. The van der Waals surface area contributed by atoms with Gasteiger partial charge < -0.3 is 4.90 Å². The average Bonchev–Trinajstić information content (AvgIpc) is 3.29. The molecule has 7 nitrogen and oxygen atoms in total. The molecule has 2 heterocycles. The number of thiazole rings is 1. The van der Waals surface area contributed by atoms with Gasteiger partial charge in [0.15, 0.2) is 5.13 Å². The molecule has 36 heavy (non-hydrogen) atoms. The Morgan fingerprint density at radius 1 is 1.08 bits per heavy atom. The van der Waals surface area contributed by atoms with E-state index in [2.05, 4.69) is 30.9 Å². The zero-order valence-corrected chi connectivity index (χ0v) is 23.2. The number of hydrogen-bond donors (Lipinski definition) is 0. The van der Waals surface area contributed by atoms with Crippen LogP contribution in [0.1, 0.15) is 49.0 Å². The fourth-order valence-electron chi connectivity index (χ4n) is 4.42. The third-order valence-electron chi connectivity index (χ3n) is 6.79. The van der Waals surface area contributed by atoms with Gasteiger partial charge in [-0.25, -0.2) is 13.4 Å². The number of sulfonamides is 1. The van der Waals surface area contributed by atoms with Gasteiger partial charge in [0.05, 0.1) is 15.1 Å². The molecule has 1 saturated heterocycles. The van der Waals surface area contributed by atoms with E-state index in [1.54, 1.807) is 33.5 Å². The van der Waals surface area contributed by atoms with Gasteiger partial charge >= 0.3 is 0 Å². The third-order valence-corrected chi connectivity index (χ3v) is 9.75. The maximum Gasteiger partial charge on any atom is 0.260 e. The Morgan fingerprint density at radius 3 is 2.42 bits per heavy atom. The highest BCUT2D eigenvalue weighted by Gasteiger charge is 2.28. The van der Waals surface area contributed by atoms with Crippen LogP contribution >= 0.6 is 11.3 Å². The van der Waals surface area contributed by atoms with Gasteiger partial charge in [0.2, 0.25) is 10.0 Å². The van der Waals surface area contributed by atoms with Crippen LogP contribution in [0.5, 0.6) is 0 Å². The van der Waals surface area contributed by atoms with E-state index in [-0.39, 0.29) is 10.8 Å². The summed E-state index contributed by atoms with van der Waals surface area (Å²) in [6, 6.07) is 12.6. The first-order valence-electron chi connectivity index (χ1n) is 12.7. The standard InChI is InChI=1S/C27H36N4O3S2/c1-5-21-7-12-24-25(19-21)35-27(28-24)31(16-6-15-29(3)4)26(32)22-8-10-23(11-9-22)36(33,34)30-17-13-20(2)14-18-30/h7-12,19-20H,5-6,13-18H2,1-4H3. The van der Waals surface area contributed by atoms with Crippen LogP contribution in [0.25, 0.3) is 10.2 Å². The fraction of sp³-hybridized carbons (Fsp3) is 0.481. The predicted octanol–water partition coefficient (Wildman–Crippen LogP) is 4.88. The number of carbonyl (C=O) groups is 1. The molecule has 1 amide bonds. The molecular weight excluding hydrogens is 492 g/mol. The number of aromatic nitrogens is 1. The molecule has 1 aliphatic rings. The first kappa shape index (κ1) is 26.7. The van der Waals surface area contributed by atoms with Crippen molar-refractivity contribution >= 4 is 42.6 Å². The molecule has 0 radical (unpaired) electrons. The van der Waals surface area contributed by atoms with Crippen molar-refractivity contribution in [3.63, 3.8) is 0 Å². The number of hydrogen-bond acceptors (Lipinski definition) is 6. The molecule has 2 aromatic carbocycles. The zero-order valence-electron chi connectivity index (χ0n) is 21.6. The highest BCUT2D eigenvalue weighted by Crippen LogP contribution is 2.31. The molecule has 194 valence electrons. The number of piperidine rings is 1. The van der Waals surface area contributed by atoms with E-state index in [0.717, 1.165) is 42.4 Å². The summed E-state index contributed by atoms with van der Waals surface area (Å²) < 4.78 is 28.8. The molecule has 0 aliphatic carbocycles. The third kappa shape index (κ3) is 5.96. The largest absolute Gasteiger partial charge is 0.309 e. The highest BCUT2D eigenvalue weighted by molar-refractivity contribution is 7.89. The van der Waals surface area contributed by atoms with E-state index in [4.69, 9.17) is 4.98 Å². The summed E-state index contributed by atoms with van der Waals surface area (Å²) in [5.74, 6) is 0.380. The molecule has 1 fully saturated rings. The quantitative estimate of drug-likeness (QED) is 0.396. The van der Waals surface area contributed by atoms with E-state index in [9.17, 15) is 13.2 Å². The van der Waals surface area contributed by atoms with Crippen LogP contribution < -0.4 is 4.90 Å². The van der Waals surface area contributed by atoms with Gasteiger partial charge in [0.1, 0.15) is 0 Å². The number of amides is 1. The van der Waals surface area contributed by atoms with Crippen molar-refractivity contribution in [3.05, 3.63) is 53.6 Å². The molecule has 4 rings (SSSR count). The van der Waals surface area contributed by atoms with Crippen molar-refractivity contribution in [1.29, 1.82) is 0 Å². The van der Waals surface area contributed by atoms with E-state index in [1.807, 2.05) is 20.2 Å². The van der Waals surface area contributed by atoms with Crippen molar-refractivity contribution in [2.75, 3.05) is 45.2 Å². The molecule has 0 unspecified atom stereocenters. The molecule has 0 N–H and O–H groups in total. The van der Waals surface area contributed by atoms with Crippen LogP contribution in [0.15, 0.2) is 47.4 Å². The number of rotatable bonds is 9. The maximum atomic E-state index is 13.6. The second kappa shape index (κ2) is 11.4. The lowest BCUT2D eigenvalue weighted by molar-refractivity contribution is 0.0986. The first-order valence-corrected chi connectivity index (χ1v) is 14.9. The van der Waals surface area contributed by atoms with Crippen LogP contribution in [0.3, 0.4) is 0 Å². The van der Waals surface area contributed by atoms with Gasteiger partial charge in [-0.1, -0.05) is 31.3 Å². The Labute approximate surface area is 218 Å². The van der Waals surface area contributed by atoms with E-state index in [0.29, 0.717) is 36.2 Å². The average molecular weight is 529 g/mol. The Bertz CT molecular complexity index is 1290. The number of aryl methyl sites for hydroxylation is 1. The second-order valence-corrected chi connectivity index (χ2v) is 12.8. The van der Waals surface area contributed by atoms with Gasteiger partial charge in [-0.15, -0.1) is 0 Å². The molecule has 0 spiro atoms. The van der Waals surface area contributed by atoms with E-state index >= 15 is 0 Å². The number of nitrogens with zero attached hydrogens (tertiary/aromatic N) is 4. The van der Waals surface area contributed by atoms with Gasteiger partial charge in [-0.2, -0.15) is 4.31 Å². The van der Waals surface area contributed by atoms with Gasteiger partial charge in [0, 0.05) is 25.2 Å². The normalized spacial score (nSPS) is 15.6. The summed E-state index contributed by atoms with van der Waals surface area (Å²) in [5, 5.41) is 0.668. The summed E-state index contributed by atoms with van der Waals surface area (Å²) in [7, 11) is 0.469. The Hall–Kier alpha value is -2.33. The van der Waals surface area contributed by atoms with Crippen molar-refractivity contribution in [2.24, 2.45) is 5.92 Å². The van der Waals surface area contributed by atoms with Crippen molar-refractivity contribution in [2.45, 2.75) is 44.4 Å². The van der Waals surface area contributed by atoms with Gasteiger partial charge in [0.25, 0.3) is 5.91 Å². The Balaban J connectivity index is 1.59. The van der Waals surface area contributed by atoms with Crippen molar-refractivity contribution < 1.29 is 13.2 Å². The lowest BCUT2D eigenvalue weighted by atomic mass is 10.0.